The normalized spacial score (nSPS) is 11.0. The summed E-state index contributed by atoms with van der Waals surface area (Å²) in [5.74, 6) is 2.19. The van der Waals surface area contributed by atoms with Gasteiger partial charge >= 0.3 is 0 Å². The summed E-state index contributed by atoms with van der Waals surface area (Å²) in [5, 5.41) is 3.05. The van der Waals surface area contributed by atoms with Gasteiger partial charge in [-0.15, -0.1) is 0 Å². The highest BCUT2D eigenvalue weighted by molar-refractivity contribution is 5.78. The number of nitrogens with zero attached hydrogens (tertiary/aromatic N) is 2. The molecule has 0 saturated carbocycles. The van der Waals surface area contributed by atoms with Gasteiger partial charge in [-0.05, 0) is 68.0 Å². The van der Waals surface area contributed by atoms with Crippen LogP contribution in [-0.2, 0) is 24.2 Å². The number of unbranched alkanes of at least 4 members (excludes halogenated alkanes) is 3. The van der Waals surface area contributed by atoms with Gasteiger partial charge in [0.25, 0.3) is 0 Å². The van der Waals surface area contributed by atoms with Gasteiger partial charge in [-0.25, -0.2) is 4.98 Å². The molecule has 0 fully saturated rings. The molecule has 0 bridgehead atoms. The smallest absolute Gasteiger partial charge is 0.224 e. The van der Waals surface area contributed by atoms with Gasteiger partial charge in [-0.3, -0.25) is 4.79 Å². The highest BCUT2D eigenvalue weighted by Gasteiger charge is 2.10. The molecule has 5 nitrogen and oxygen atoms in total. The molecule has 3 aromatic carbocycles. The Morgan fingerprint density at radius 3 is 2.58 bits per heavy atom. The lowest BCUT2D eigenvalue weighted by Crippen LogP contribution is -2.26. The predicted molar refractivity (Wildman–Crippen MR) is 146 cm³/mol. The second kappa shape index (κ2) is 13.5. The number of para-hydroxylation sites is 2. The third-order valence-electron chi connectivity index (χ3n) is 6.37. The quantitative estimate of drug-likeness (QED) is 0.215. The second-order valence-electron chi connectivity index (χ2n) is 9.36. The number of hydrogen-bond donors (Lipinski definition) is 1. The van der Waals surface area contributed by atoms with E-state index < -0.39 is 0 Å². The number of amides is 1. The van der Waals surface area contributed by atoms with Crippen LogP contribution < -0.4 is 10.1 Å². The molecule has 1 heterocycles. The molecule has 0 aliphatic heterocycles. The molecule has 188 valence electrons. The van der Waals surface area contributed by atoms with Crippen molar-refractivity contribution in [3.63, 3.8) is 0 Å². The van der Waals surface area contributed by atoms with Gasteiger partial charge in [0.15, 0.2) is 0 Å². The summed E-state index contributed by atoms with van der Waals surface area (Å²) >= 11 is 0. The van der Waals surface area contributed by atoms with E-state index >= 15 is 0 Å². The molecule has 4 aromatic rings. The summed E-state index contributed by atoms with van der Waals surface area (Å²) in [4.78, 5) is 17.0. The van der Waals surface area contributed by atoms with Crippen LogP contribution in [0.3, 0.4) is 0 Å². The van der Waals surface area contributed by atoms with Crippen LogP contribution in [0.25, 0.3) is 11.0 Å². The summed E-state index contributed by atoms with van der Waals surface area (Å²) in [6.45, 7) is 4.48. The summed E-state index contributed by atoms with van der Waals surface area (Å²) in [6, 6.07) is 26.5. The van der Waals surface area contributed by atoms with Crippen molar-refractivity contribution < 1.29 is 9.53 Å². The van der Waals surface area contributed by atoms with Crippen LogP contribution in [0.5, 0.6) is 5.75 Å². The number of benzene rings is 3. The molecule has 0 radical (unpaired) electrons. The number of aromatic nitrogens is 2. The summed E-state index contributed by atoms with van der Waals surface area (Å²) < 4.78 is 8.30. The Balaban J connectivity index is 1.19. The zero-order valence-corrected chi connectivity index (χ0v) is 21.3. The Labute approximate surface area is 214 Å². The molecule has 0 aliphatic rings. The molecular weight excluding hydrogens is 446 g/mol. The summed E-state index contributed by atoms with van der Waals surface area (Å²) in [6.07, 6.45) is 6.56. The van der Waals surface area contributed by atoms with E-state index in [0.29, 0.717) is 6.42 Å². The second-order valence-corrected chi connectivity index (χ2v) is 9.36. The predicted octanol–water partition coefficient (Wildman–Crippen LogP) is 6.28. The molecule has 1 aromatic heterocycles. The number of aryl methyl sites for hydroxylation is 3. The maximum Gasteiger partial charge on any atom is 0.224 e. The third-order valence-corrected chi connectivity index (χ3v) is 6.37. The van der Waals surface area contributed by atoms with E-state index in [1.54, 1.807) is 0 Å². The first-order valence-corrected chi connectivity index (χ1v) is 13.1. The first kappa shape index (κ1) is 25.5. The van der Waals surface area contributed by atoms with E-state index in [9.17, 15) is 4.79 Å². The topological polar surface area (TPSA) is 56.1 Å². The Morgan fingerprint density at radius 2 is 1.72 bits per heavy atom. The molecule has 1 amide bonds. The number of rotatable bonds is 14. The highest BCUT2D eigenvalue weighted by atomic mass is 16.5. The van der Waals surface area contributed by atoms with E-state index in [2.05, 4.69) is 53.2 Å². The minimum Gasteiger partial charge on any atom is -0.494 e. The van der Waals surface area contributed by atoms with Crippen molar-refractivity contribution in [2.75, 3.05) is 13.2 Å². The van der Waals surface area contributed by atoms with Gasteiger partial charge in [0.2, 0.25) is 5.91 Å². The van der Waals surface area contributed by atoms with Crippen molar-refractivity contribution in [1.82, 2.24) is 14.9 Å². The number of carbonyl (C=O) groups excluding carboxylic acids is 1. The van der Waals surface area contributed by atoms with Crippen molar-refractivity contribution in [1.29, 1.82) is 0 Å². The molecule has 0 atom stereocenters. The lowest BCUT2D eigenvalue weighted by molar-refractivity contribution is -0.120. The molecule has 4 rings (SSSR count). The third kappa shape index (κ3) is 7.70. The van der Waals surface area contributed by atoms with Crippen molar-refractivity contribution in [2.24, 2.45) is 0 Å². The first-order valence-electron chi connectivity index (χ1n) is 13.1. The van der Waals surface area contributed by atoms with Crippen LogP contribution >= 0.6 is 0 Å². The van der Waals surface area contributed by atoms with Crippen LogP contribution in [0.15, 0.2) is 78.9 Å². The van der Waals surface area contributed by atoms with Crippen LogP contribution in [0.1, 0.15) is 49.1 Å². The van der Waals surface area contributed by atoms with Gasteiger partial charge in [0, 0.05) is 19.5 Å². The zero-order chi connectivity index (χ0) is 25.0. The van der Waals surface area contributed by atoms with E-state index in [-0.39, 0.29) is 5.91 Å². The molecule has 5 heteroatoms. The first-order chi connectivity index (χ1) is 17.7. The van der Waals surface area contributed by atoms with Crippen molar-refractivity contribution in [3.05, 3.63) is 95.8 Å². The van der Waals surface area contributed by atoms with E-state index in [1.807, 2.05) is 42.5 Å². The van der Waals surface area contributed by atoms with Gasteiger partial charge in [0.1, 0.15) is 11.6 Å². The summed E-state index contributed by atoms with van der Waals surface area (Å²) in [5.41, 5.74) is 4.55. The zero-order valence-electron chi connectivity index (χ0n) is 21.3. The number of carbonyl (C=O) groups is 1. The lowest BCUT2D eigenvalue weighted by atomic mass is 10.1. The minimum atomic E-state index is 0.0920. The molecule has 0 spiro atoms. The van der Waals surface area contributed by atoms with Gasteiger partial charge in [-0.2, -0.15) is 0 Å². The Kier molecular flexibility index (Phi) is 9.54. The van der Waals surface area contributed by atoms with Crippen molar-refractivity contribution in [2.45, 2.75) is 58.4 Å². The summed E-state index contributed by atoms with van der Waals surface area (Å²) in [7, 11) is 0. The number of nitrogens with one attached hydrogen (secondary N) is 1. The van der Waals surface area contributed by atoms with Crippen LogP contribution in [0, 0.1) is 6.92 Å². The number of ether oxygens (including phenoxy) is 1. The van der Waals surface area contributed by atoms with Crippen LogP contribution in [0.2, 0.25) is 0 Å². The maximum atomic E-state index is 12.1. The fourth-order valence-corrected chi connectivity index (χ4v) is 4.49. The average Bonchev–Trinajstić information content (AvgIpc) is 3.24. The van der Waals surface area contributed by atoms with E-state index in [0.717, 1.165) is 80.9 Å². The standard InChI is InChI=1S/C31H37N3O2/c1-25-13-12-16-27(23-25)36-22-11-10-21-34-29-18-8-7-17-28(29)33-30(34)19-6-3-9-20-32-31(35)24-26-14-4-2-5-15-26/h2,4-5,7-8,12-18,23H,3,6,9-11,19-22,24H2,1H3,(H,32,35). The van der Waals surface area contributed by atoms with Crippen LogP contribution in [-0.4, -0.2) is 28.6 Å². The number of imidazole rings is 1. The Morgan fingerprint density at radius 1 is 0.889 bits per heavy atom. The molecule has 36 heavy (non-hydrogen) atoms. The fourth-order valence-electron chi connectivity index (χ4n) is 4.49. The number of fused-ring (bicyclic) bond motifs is 1. The van der Waals surface area contributed by atoms with Gasteiger partial charge < -0.3 is 14.6 Å². The molecule has 0 saturated heterocycles. The number of hydrogen-bond acceptors (Lipinski definition) is 3. The molecular formula is C31H37N3O2. The highest BCUT2D eigenvalue weighted by Crippen LogP contribution is 2.19. The largest absolute Gasteiger partial charge is 0.494 e. The average molecular weight is 484 g/mol. The fraction of sp³-hybridized carbons (Fsp3) is 0.355. The molecule has 0 aliphatic carbocycles. The van der Waals surface area contributed by atoms with E-state index in [4.69, 9.17) is 9.72 Å². The van der Waals surface area contributed by atoms with E-state index in [1.165, 1.54) is 11.1 Å². The monoisotopic (exact) mass is 483 g/mol. The van der Waals surface area contributed by atoms with Gasteiger partial charge in [0.05, 0.1) is 24.1 Å². The Hall–Kier alpha value is -3.60. The minimum absolute atomic E-state index is 0.0920. The lowest BCUT2D eigenvalue weighted by Gasteiger charge is -2.11. The maximum absolute atomic E-state index is 12.1. The Bertz CT molecular complexity index is 1230. The molecule has 0 unspecified atom stereocenters. The van der Waals surface area contributed by atoms with Crippen LogP contribution in [0.4, 0.5) is 0 Å². The SMILES string of the molecule is Cc1cccc(OCCCCn2c(CCCCCNC(=O)Cc3ccccc3)nc3ccccc32)c1. The van der Waals surface area contributed by atoms with Crippen molar-refractivity contribution in [3.8, 4) is 5.75 Å². The van der Waals surface area contributed by atoms with Gasteiger partial charge in [-0.1, -0.05) is 61.0 Å². The van der Waals surface area contributed by atoms with Crippen molar-refractivity contribution >= 4 is 16.9 Å². The molecule has 1 N–H and O–H groups in total.